The van der Waals surface area contributed by atoms with Crippen LogP contribution in [0.3, 0.4) is 0 Å². The van der Waals surface area contributed by atoms with Crippen molar-refractivity contribution < 1.29 is 0 Å². The molecule has 0 fully saturated rings. The molecule has 2 aromatic rings. The van der Waals surface area contributed by atoms with Crippen molar-refractivity contribution in [2.75, 3.05) is 5.32 Å². The maximum Gasteiger partial charge on any atom is 0.152 e. The van der Waals surface area contributed by atoms with Gasteiger partial charge in [0.15, 0.2) is 5.15 Å². The fourth-order valence-corrected chi connectivity index (χ4v) is 2.22. The summed E-state index contributed by atoms with van der Waals surface area (Å²) in [6.45, 7) is 4.18. The van der Waals surface area contributed by atoms with E-state index in [-0.39, 0.29) is 0 Å². The smallest absolute Gasteiger partial charge is 0.152 e. The number of nitrogens with one attached hydrogen (secondary N) is 1. The Hall–Kier alpha value is -1.54. The largest absolute Gasteiger partial charge is 0.380 e. The van der Waals surface area contributed by atoms with Gasteiger partial charge in [-0.1, -0.05) is 41.9 Å². The molecule has 94 valence electrons. The van der Waals surface area contributed by atoms with E-state index < -0.39 is 0 Å². The van der Waals surface area contributed by atoms with Gasteiger partial charge in [-0.05, 0) is 37.5 Å². The predicted molar refractivity (Wildman–Crippen MR) is 77.2 cm³/mol. The number of rotatable bonds is 4. The molecule has 0 spiro atoms. The molecular formula is C15H17ClN2. The second-order valence-electron chi connectivity index (χ2n) is 4.53. The quantitative estimate of drug-likeness (QED) is 0.838. The first-order valence-electron chi connectivity index (χ1n) is 6.08. The fraction of sp³-hybridized carbons (Fsp3) is 0.267. The van der Waals surface area contributed by atoms with Crippen molar-refractivity contribution in [1.29, 1.82) is 0 Å². The van der Waals surface area contributed by atoms with Crippen molar-refractivity contribution in [3.8, 4) is 0 Å². The molecule has 0 bridgehead atoms. The lowest BCUT2D eigenvalue weighted by molar-refractivity contribution is 0.788. The summed E-state index contributed by atoms with van der Waals surface area (Å²) in [6.07, 6.45) is 2.69. The number of pyridine rings is 1. The van der Waals surface area contributed by atoms with Crippen LogP contribution in [-0.4, -0.2) is 11.0 Å². The van der Waals surface area contributed by atoms with Gasteiger partial charge in [-0.25, -0.2) is 4.98 Å². The average Bonchev–Trinajstić information content (AvgIpc) is 2.35. The molecule has 0 aliphatic carbocycles. The molecule has 0 aliphatic heterocycles. The lowest BCUT2D eigenvalue weighted by Gasteiger charge is -2.17. The van der Waals surface area contributed by atoms with Crippen LogP contribution in [-0.2, 0) is 6.42 Å². The zero-order valence-electron chi connectivity index (χ0n) is 10.7. The van der Waals surface area contributed by atoms with Crippen molar-refractivity contribution in [2.24, 2.45) is 0 Å². The summed E-state index contributed by atoms with van der Waals surface area (Å²) in [6, 6.07) is 12.7. The minimum Gasteiger partial charge on any atom is -0.380 e. The first-order valence-corrected chi connectivity index (χ1v) is 6.46. The van der Waals surface area contributed by atoms with Gasteiger partial charge in [-0.15, -0.1) is 0 Å². The minimum atomic E-state index is 0.313. The van der Waals surface area contributed by atoms with Gasteiger partial charge in [0.2, 0.25) is 0 Å². The van der Waals surface area contributed by atoms with Gasteiger partial charge in [0.25, 0.3) is 0 Å². The maximum atomic E-state index is 6.10. The molecule has 1 heterocycles. The van der Waals surface area contributed by atoms with E-state index in [0.717, 1.165) is 17.7 Å². The van der Waals surface area contributed by atoms with Crippen LogP contribution in [0.4, 0.5) is 5.69 Å². The number of hydrogen-bond donors (Lipinski definition) is 1. The lowest BCUT2D eigenvalue weighted by Crippen LogP contribution is -2.19. The van der Waals surface area contributed by atoms with Crippen molar-refractivity contribution in [3.05, 3.63) is 58.9 Å². The molecule has 1 atom stereocenters. The standard InChI is InChI=1S/C15H17ClN2/c1-11-8-9-17-15(16)14(11)18-12(2)10-13-6-4-3-5-7-13/h3-9,12,18H,10H2,1-2H3. The molecule has 3 heteroatoms. The van der Waals surface area contributed by atoms with E-state index in [1.165, 1.54) is 5.56 Å². The summed E-state index contributed by atoms with van der Waals surface area (Å²) in [5.41, 5.74) is 3.37. The summed E-state index contributed by atoms with van der Waals surface area (Å²) in [4.78, 5) is 4.10. The van der Waals surface area contributed by atoms with Crippen LogP contribution in [0.2, 0.25) is 5.15 Å². The number of aromatic nitrogens is 1. The van der Waals surface area contributed by atoms with Gasteiger partial charge in [-0.2, -0.15) is 0 Å². The average molecular weight is 261 g/mol. The molecule has 1 aromatic heterocycles. The Morgan fingerprint density at radius 2 is 1.94 bits per heavy atom. The second-order valence-corrected chi connectivity index (χ2v) is 4.89. The normalized spacial score (nSPS) is 12.2. The molecule has 2 rings (SSSR count). The molecule has 1 unspecified atom stereocenters. The van der Waals surface area contributed by atoms with Gasteiger partial charge in [0.05, 0.1) is 5.69 Å². The number of anilines is 1. The zero-order chi connectivity index (χ0) is 13.0. The highest BCUT2D eigenvalue weighted by Gasteiger charge is 2.09. The predicted octanol–water partition coefficient (Wildman–Crippen LogP) is 4.09. The fourth-order valence-electron chi connectivity index (χ4n) is 1.96. The monoisotopic (exact) mass is 260 g/mol. The molecule has 18 heavy (non-hydrogen) atoms. The Balaban J connectivity index is 2.06. The molecule has 0 aliphatic rings. The third kappa shape index (κ3) is 3.23. The van der Waals surface area contributed by atoms with E-state index in [4.69, 9.17) is 11.6 Å². The highest BCUT2D eigenvalue weighted by Crippen LogP contribution is 2.24. The first-order chi connectivity index (χ1) is 8.66. The Morgan fingerprint density at radius 3 is 2.61 bits per heavy atom. The van der Waals surface area contributed by atoms with Gasteiger partial charge < -0.3 is 5.32 Å². The molecule has 0 saturated carbocycles. The third-order valence-corrected chi connectivity index (χ3v) is 3.18. The molecule has 0 radical (unpaired) electrons. The summed E-state index contributed by atoms with van der Waals surface area (Å²) in [5.74, 6) is 0. The topological polar surface area (TPSA) is 24.9 Å². The lowest BCUT2D eigenvalue weighted by atomic mass is 10.1. The zero-order valence-corrected chi connectivity index (χ0v) is 11.4. The van der Waals surface area contributed by atoms with E-state index in [2.05, 4.69) is 41.5 Å². The Morgan fingerprint density at radius 1 is 1.22 bits per heavy atom. The SMILES string of the molecule is Cc1ccnc(Cl)c1NC(C)Cc1ccccc1. The van der Waals surface area contributed by atoms with Crippen LogP contribution >= 0.6 is 11.6 Å². The number of halogens is 1. The number of aryl methyl sites for hydroxylation is 1. The molecule has 2 nitrogen and oxygen atoms in total. The summed E-state index contributed by atoms with van der Waals surface area (Å²) in [5, 5.41) is 3.97. The van der Waals surface area contributed by atoms with Crippen molar-refractivity contribution in [2.45, 2.75) is 26.3 Å². The van der Waals surface area contributed by atoms with Crippen molar-refractivity contribution in [1.82, 2.24) is 4.98 Å². The Kier molecular flexibility index (Phi) is 4.21. The van der Waals surface area contributed by atoms with E-state index in [9.17, 15) is 0 Å². The number of benzene rings is 1. The highest BCUT2D eigenvalue weighted by atomic mass is 35.5. The first kappa shape index (κ1) is 12.9. The molecule has 0 amide bonds. The highest BCUT2D eigenvalue weighted by molar-refractivity contribution is 6.32. The van der Waals surface area contributed by atoms with Crippen LogP contribution in [0, 0.1) is 6.92 Å². The van der Waals surface area contributed by atoms with Crippen LogP contribution in [0.15, 0.2) is 42.6 Å². The molecular weight excluding hydrogens is 244 g/mol. The minimum absolute atomic E-state index is 0.313. The van der Waals surface area contributed by atoms with Crippen molar-refractivity contribution >= 4 is 17.3 Å². The Labute approximate surface area is 113 Å². The van der Waals surface area contributed by atoms with E-state index in [1.54, 1.807) is 6.20 Å². The number of hydrogen-bond acceptors (Lipinski definition) is 2. The Bertz CT molecular complexity index is 491. The maximum absolute atomic E-state index is 6.10. The molecule has 0 saturated heterocycles. The van der Waals surface area contributed by atoms with Gasteiger partial charge >= 0.3 is 0 Å². The summed E-state index contributed by atoms with van der Waals surface area (Å²) >= 11 is 6.10. The van der Waals surface area contributed by atoms with Crippen LogP contribution in [0.25, 0.3) is 0 Å². The second kappa shape index (κ2) is 5.87. The summed E-state index contributed by atoms with van der Waals surface area (Å²) < 4.78 is 0. The molecule has 1 N–H and O–H groups in total. The van der Waals surface area contributed by atoms with E-state index in [1.807, 2.05) is 19.1 Å². The van der Waals surface area contributed by atoms with Gasteiger partial charge in [0, 0.05) is 12.2 Å². The van der Waals surface area contributed by atoms with Crippen molar-refractivity contribution in [3.63, 3.8) is 0 Å². The van der Waals surface area contributed by atoms with Gasteiger partial charge in [0.1, 0.15) is 0 Å². The number of nitrogens with zero attached hydrogens (tertiary/aromatic N) is 1. The van der Waals surface area contributed by atoms with Crippen LogP contribution < -0.4 is 5.32 Å². The van der Waals surface area contributed by atoms with E-state index in [0.29, 0.717) is 11.2 Å². The van der Waals surface area contributed by atoms with Crippen LogP contribution in [0.1, 0.15) is 18.1 Å². The summed E-state index contributed by atoms with van der Waals surface area (Å²) in [7, 11) is 0. The van der Waals surface area contributed by atoms with E-state index >= 15 is 0 Å². The molecule has 1 aromatic carbocycles. The van der Waals surface area contributed by atoms with Crippen LogP contribution in [0.5, 0.6) is 0 Å². The van der Waals surface area contributed by atoms with Gasteiger partial charge in [-0.3, -0.25) is 0 Å². The third-order valence-electron chi connectivity index (χ3n) is 2.89.